The van der Waals surface area contributed by atoms with Crippen molar-refractivity contribution in [2.75, 3.05) is 26.2 Å². The molecule has 0 saturated carbocycles. The summed E-state index contributed by atoms with van der Waals surface area (Å²) in [4.78, 5) is 7.31. The molecule has 1 N–H and O–H groups in total. The lowest BCUT2D eigenvalue weighted by Crippen LogP contribution is -2.37. The third kappa shape index (κ3) is 4.83. The molecule has 0 aliphatic carbocycles. The minimum Gasteiger partial charge on any atom is -0.316 e. The van der Waals surface area contributed by atoms with E-state index in [2.05, 4.69) is 36.4 Å². The highest BCUT2D eigenvalue weighted by atomic mass is 32.1. The second kappa shape index (κ2) is 8.11. The number of hydrogen-bond donors (Lipinski definition) is 1. The van der Waals surface area contributed by atoms with E-state index < -0.39 is 0 Å². The van der Waals surface area contributed by atoms with E-state index in [0.717, 1.165) is 19.0 Å². The summed E-state index contributed by atoms with van der Waals surface area (Å²) < 4.78 is 0. The summed E-state index contributed by atoms with van der Waals surface area (Å²) >= 11 is 1.81. The first-order chi connectivity index (χ1) is 9.69. The monoisotopic (exact) mass is 295 g/mol. The van der Waals surface area contributed by atoms with Gasteiger partial charge in [0.2, 0.25) is 0 Å². The van der Waals surface area contributed by atoms with Crippen molar-refractivity contribution in [3.8, 4) is 0 Å². The fourth-order valence-electron chi connectivity index (χ4n) is 2.72. The summed E-state index contributed by atoms with van der Waals surface area (Å²) in [5.41, 5.74) is 1.27. The van der Waals surface area contributed by atoms with Crippen LogP contribution in [0.25, 0.3) is 0 Å². The van der Waals surface area contributed by atoms with Gasteiger partial charge in [-0.2, -0.15) is 0 Å². The highest BCUT2D eigenvalue weighted by molar-refractivity contribution is 7.09. The fourth-order valence-corrected chi connectivity index (χ4v) is 3.55. The van der Waals surface area contributed by atoms with Crippen LogP contribution in [0.5, 0.6) is 0 Å². The number of nitrogens with zero attached hydrogens (tertiary/aromatic N) is 2. The first-order valence-electron chi connectivity index (χ1n) is 8.06. The Morgan fingerprint density at radius 3 is 2.75 bits per heavy atom. The van der Waals surface area contributed by atoms with E-state index in [0.29, 0.717) is 5.92 Å². The normalized spacial score (nSPS) is 18.0. The van der Waals surface area contributed by atoms with Gasteiger partial charge >= 0.3 is 0 Å². The number of rotatable bonds is 7. The predicted molar refractivity (Wildman–Crippen MR) is 87.4 cm³/mol. The molecule has 0 aromatic carbocycles. The molecule has 4 heteroatoms. The molecule has 0 spiro atoms. The Morgan fingerprint density at radius 1 is 1.40 bits per heavy atom. The topological polar surface area (TPSA) is 28.2 Å². The van der Waals surface area contributed by atoms with Gasteiger partial charge < -0.3 is 5.32 Å². The van der Waals surface area contributed by atoms with Gasteiger partial charge in [-0.05, 0) is 51.4 Å². The van der Waals surface area contributed by atoms with Gasteiger partial charge in [-0.15, -0.1) is 11.3 Å². The summed E-state index contributed by atoms with van der Waals surface area (Å²) in [6.45, 7) is 12.5. The van der Waals surface area contributed by atoms with Crippen molar-refractivity contribution in [1.82, 2.24) is 15.2 Å². The molecule has 0 unspecified atom stereocenters. The maximum Gasteiger partial charge on any atom is 0.0954 e. The number of nitrogens with one attached hydrogen (secondary N) is 1. The van der Waals surface area contributed by atoms with Gasteiger partial charge in [0.25, 0.3) is 0 Å². The lowest BCUT2D eigenvalue weighted by molar-refractivity contribution is 0.174. The SMILES string of the molecule is CCCNCC1CCN(Cc2csc(C(C)C)n2)CC1. The third-order valence-corrected chi connectivity index (χ3v) is 5.21. The molecular formula is C16H29N3S. The number of likely N-dealkylation sites (tertiary alicyclic amines) is 1. The molecule has 0 radical (unpaired) electrons. The van der Waals surface area contributed by atoms with Crippen LogP contribution in [-0.4, -0.2) is 36.1 Å². The first kappa shape index (κ1) is 15.9. The molecule has 0 amide bonds. The average Bonchev–Trinajstić information content (AvgIpc) is 2.90. The summed E-state index contributed by atoms with van der Waals surface area (Å²) in [7, 11) is 0. The summed E-state index contributed by atoms with van der Waals surface area (Å²) in [6.07, 6.45) is 3.90. The first-order valence-corrected chi connectivity index (χ1v) is 8.94. The summed E-state index contributed by atoms with van der Waals surface area (Å²) in [6, 6.07) is 0. The minimum absolute atomic E-state index is 0.559. The highest BCUT2D eigenvalue weighted by Crippen LogP contribution is 2.22. The van der Waals surface area contributed by atoms with Gasteiger partial charge in [0.05, 0.1) is 10.7 Å². The molecule has 1 aliphatic rings. The predicted octanol–water partition coefficient (Wildman–Crippen LogP) is 3.48. The molecule has 114 valence electrons. The lowest BCUT2D eigenvalue weighted by atomic mass is 9.96. The lowest BCUT2D eigenvalue weighted by Gasteiger charge is -2.31. The number of aromatic nitrogens is 1. The van der Waals surface area contributed by atoms with E-state index in [1.54, 1.807) is 0 Å². The Balaban J connectivity index is 1.71. The van der Waals surface area contributed by atoms with E-state index >= 15 is 0 Å². The summed E-state index contributed by atoms with van der Waals surface area (Å²) in [5, 5.41) is 7.07. The Morgan fingerprint density at radius 2 is 2.15 bits per heavy atom. The van der Waals surface area contributed by atoms with Gasteiger partial charge in [0.1, 0.15) is 0 Å². The zero-order valence-corrected chi connectivity index (χ0v) is 14.0. The van der Waals surface area contributed by atoms with Gasteiger partial charge in [0.15, 0.2) is 0 Å². The number of hydrogen-bond acceptors (Lipinski definition) is 4. The Bertz CT molecular complexity index is 381. The van der Waals surface area contributed by atoms with E-state index in [1.165, 1.54) is 49.6 Å². The summed E-state index contributed by atoms with van der Waals surface area (Å²) in [5.74, 6) is 1.43. The Kier molecular flexibility index (Phi) is 6.46. The number of piperidine rings is 1. The Hall–Kier alpha value is -0.450. The van der Waals surface area contributed by atoms with Gasteiger partial charge in [-0.1, -0.05) is 20.8 Å². The largest absolute Gasteiger partial charge is 0.316 e. The van der Waals surface area contributed by atoms with Crippen LogP contribution in [0.15, 0.2) is 5.38 Å². The molecule has 3 nitrogen and oxygen atoms in total. The molecule has 2 heterocycles. The van der Waals surface area contributed by atoms with Crippen molar-refractivity contribution in [3.05, 3.63) is 16.1 Å². The molecule has 1 aromatic rings. The zero-order chi connectivity index (χ0) is 14.4. The smallest absolute Gasteiger partial charge is 0.0954 e. The highest BCUT2D eigenvalue weighted by Gasteiger charge is 2.19. The zero-order valence-electron chi connectivity index (χ0n) is 13.2. The molecule has 0 bridgehead atoms. The molecule has 1 aromatic heterocycles. The van der Waals surface area contributed by atoms with Gasteiger partial charge in [-0.25, -0.2) is 4.98 Å². The van der Waals surface area contributed by atoms with Crippen molar-refractivity contribution in [2.45, 2.75) is 52.5 Å². The fraction of sp³-hybridized carbons (Fsp3) is 0.812. The van der Waals surface area contributed by atoms with Gasteiger partial charge in [-0.3, -0.25) is 4.90 Å². The maximum absolute atomic E-state index is 4.75. The second-order valence-electron chi connectivity index (χ2n) is 6.26. The van der Waals surface area contributed by atoms with Crippen LogP contribution in [0.2, 0.25) is 0 Å². The van der Waals surface area contributed by atoms with Crippen LogP contribution in [0.3, 0.4) is 0 Å². The van der Waals surface area contributed by atoms with Crippen LogP contribution in [0.1, 0.15) is 56.7 Å². The standard InChI is InChI=1S/C16H29N3S/c1-4-7-17-10-14-5-8-19(9-6-14)11-15-12-20-16(18-15)13(2)3/h12-14,17H,4-11H2,1-3H3. The molecule has 2 rings (SSSR count). The molecule has 1 fully saturated rings. The average molecular weight is 295 g/mol. The van der Waals surface area contributed by atoms with E-state index in [-0.39, 0.29) is 0 Å². The van der Waals surface area contributed by atoms with Crippen LogP contribution in [0, 0.1) is 5.92 Å². The molecule has 20 heavy (non-hydrogen) atoms. The maximum atomic E-state index is 4.75. The van der Waals surface area contributed by atoms with Gasteiger partial charge in [0, 0.05) is 17.8 Å². The number of thiazole rings is 1. The van der Waals surface area contributed by atoms with Crippen LogP contribution in [0.4, 0.5) is 0 Å². The van der Waals surface area contributed by atoms with Crippen LogP contribution < -0.4 is 5.32 Å². The van der Waals surface area contributed by atoms with Crippen molar-refractivity contribution >= 4 is 11.3 Å². The Labute approximate surface area is 127 Å². The quantitative estimate of drug-likeness (QED) is 0.781. The van der Waals surface area contributed by atoms with Crippen molar-refractivity contribution in [1.29, 1.82) is 0 Å². The van der Waals surface area contributed by atoms with Crippen molar-refractivity contribution in [2.24, 2.45) is 5.92 Å². The molecule has 1 saturated heterocycles. The third-order valence-electron chi connectivity index (χ3n) is 4.02. The molecule has 1 aliphatic heterocycles. The van der Waals surface area contributed by atoms with E-state index in [4.69, 9.17) is 4.98 Å². The second-order valence-corrected chi connectivity index (χ2v) is 7.15. The van der Waals surface area contributed by atoms with Crippen LogP contribution >= 0.6 is 11.3 Å². The molecule has 0 atom stereocenters. The van der Waals surface area contributed by atoms with Crippen molar-refractivity contribution < 1.29 is 0 Å². The minimum atomic E-state index is 0.559. The van der Waals surface area contributed by atoms with Crippen molar-refractivity contribution in [3.63, 3.8) is 0 Å². The molecular weight excluding hydrogens is 266 g/mol. The van der Waals surface area contributed by atoms with E-state index in [9.17, 15) is 0 Å². The van der Waals surface area contributed by atoms with E-state index in [1.807, 2.05) is 11.3 Å². The van der Waals surface area contributed by atoms with Crippen LogP contribution in [-0.2, 0) is 6.54 Å².